The predicted octanol–water partition coefficient (Wildman–Crippen LogP) is 4.75. The van der Waals surface area contributed by atoms with Crippen molar-refractivity contribution >= 4 is 0 Å². The van der Waals surface area contributed by atoms with Crippen LogP contribution in [0.2, 0.25) is 0 Å². The Morgan fingerprint density at radius 3 is 2.57 bits per heavy atom. The van der Waals surface area contributed by atoms with Gasteiger partial charge in [0, 0.05) is 11.6 Å². The highest BCUT2D eigenvalue weighted by atomic mass is 19.1. The van der Waals surface area contributed by atoms with Crippen LogP contribution in [0.3, 0.4) is 0 Å². The van der Waals surface area contributed by atoms with Crippen molar-refractivity contribution in [2.24, 2.45) is 17.1 Å². The second-order valence-electron chi connectivity index (χ2n) is 7.58. The lowest BCUT2D eigenvalue weighted by Gasteiger charge is -2.39. The Hall–Kier alpha value is -1.09. The third-order valence-electron chi connectivity index (χ3n) is 4.42. The molecule has 0 aliphatic heterocycles. The Kier molecular flexibility index (Phi) is 4.62. The summed E-state index contributed by atoms with van der Waals surface area (Å²) >= 11 is 0. The number of aryl methyl sites for hydroxylation is 1. The first-order chi connectivity index (χ1) is 9.68. The molecule has 1 aliphatic rings. The standard InChI is InChI=1S/C18H28FNO/c1-11-6-14(10-18(4,5)9-11)21-17-7-12(2)16(19)8-15(17)13(3)20/h7-8,11,13-14H,6,9-10,20H2,1-5H3/t11?,13-,14?/m0/s1. The van der Waals surface area contributed by atoms with Crippen LogP contribution < -0.4 is 10.5 Å². The van der Waals surface area contributed by atoms with Crippen molar-refractivity contribution in [1.29, 1.82) is 0 Å². The van der Waals surface area contributed by atoms with E-state index in [0.717, 1.165) is 24.2 Å². The Balaban J connectivity index is 2.24. The van der Waals surface area contributed by atoms with E-state index < -0.39 is 0 Å². The molecule has 2 nitrogen and oxygen atoms in total. The first-order valence-corrected chi connectivity index (χ1v) is 7.90. The number of nitrogens with two attached hydrogens (primary N) is 1. The van der Waals surface area contributed by atoms with Crippen LogP contribution in [0.1, 0.15) is 64.1 Å². The van der Waals surface area contributed by atoms with E-state index in [0.29, 0.717) is 16.9 Å². The maximum atomic E-state index is 13.8. The fraction of sp³-hybridized carbons (Fsp3) is 0.667. The molecule has 0 saturated heterocycles. The summed E-state index contributed by atoms with van der Waals surface area (Å²) in [6, 6.07) is 3.08. The molecule has 2 N–H and O–H groups in total. The summed E-state index contributed by atoms with van der Waals surface area (Å²) in [7, 11) is 0. The molecule has 2 rings (SSSR count). The lowest BCUT2D eigenvalue weighted by molar-refractivity contribution is 0.0553. The molecule has 1 aromatic rings. The predicted molar refractivity (Wildman–Crippen MR) is 85.0 cm³/mol. The van der Waals surface area contributed by atoms with E-state index in [2.05, 4.69) is 20.8 Å². The van der Waals surface area contributed by atoms with Gasteiger partial charge < -0.3 is 10.5 Å². The Morgan fingerprint density at radius 2 is 2.00 bits per heavy atom. The maximum Gasteiger partial charge on any atom is 0.126 e. The molecule has 1 aliphatic carbocycles. The summed E-state index contributed by atoms with van der Waals surface area (Å²) in [6.45, 7) is 10.5. The van der Waals surface area contributed by atoms with E-state index in [1.807, 2.05) is 6.92 Å². The van der Waals surface area contributed by atoms with Crippen molar-refractivity contribution < 1.29 is 9.13 Å². The molecule has 3 heteroatoms. The Labute approximate surface area is 127 Å². The molecule has 0 spiro atoms. The minimum atomic E-state index is -0.232. The quantitative estimate of drug-likeness (QED) is 0.873. The molecular weight excluding hydrogens is 265 g/mol. The molecule has 0 radical (unpaired) electrons. The summed E-state index contributed by atoms with van der Waals surface area (Å²) < 4.78 is 20.0. The van der Waals surface area contributed by atoms with Crippen molar-refractivity contribution in [3.63, 3.8) is 0 Å². The molecule has 1 saturated carbocycles. The fourth-order valence-electron chi connectivity index (χ4n) is 3.66. The molecule has 3 atom stereocenters. The first kappa shape index (κ1) is 16.3. The van der Waals surface area contributed by atoms with Gasteiger partial charge in [0.2, 0.25) is 0 Å². The average Bonchev–Trinajstić information content (AvgIpc) is 2.30. The zero-order chi connectivity index (χ0) is 15.8. The molecule has 21 heavy (non-hydrogen) atoms. The van der Waals surface area contributed by atoms with Crippen LogP contribution in [-0.4, -0.2) is 6.10 Å². The zero-order valence-corrected chi connectivity index (χ0v) is 13.9. The summed E-state index contributed by atoms with van der Waals surface area (Å²) in [4.78, 5) is 0. The van der Waals surface area contributed by atoms with Crippen LogP contribution in [0.5, 0.6) is 5.75 Å². The molecular formula is C18H28FNO. The van der Waals surface area contributed by atoms with Crippen molar-refractivity contribution in [3.05, 3.63) is 29.1 Å². The van der Waals surface area contributed by atoms with Gasteiger partial charge in [-0.25, -0.2) is 4.39 Å². The SMILES string of the molecule is Cc1cc(OC2CC(C)CC(C)(C)C2)c([C@H](C)N)cc1F. The van der Waals surface area contributed by atoms with Crippen LogP contribution in [0, 0.1) is 24.1 Å². The number of hydrogen-bond acceptors (Lipinski definition) is 2. The molecule has 0 amide bonds. The number of benzene rings is 1. The molecule has 1 aromatic carbocycles. The third-order valence-corrected chi connectivity index (χ3v) is 4.42. The van der Waals surface area contributed by atoms with E-state index in [4.69, 9.17) is 10.5 Å². The second kappa shape index (κ2) is 5.96. The monoisotopic (exact) mass is 293 g/mol. The van der Waals surface area contributed by atoms with Crippen molar-refractivity contribution in [3.8, 4) is 5.75 Å². The van der Waals surface area contributed by atoms with E-state index in [-0.39, 0.29) is 18.0 Å². The average molecular weight is 293 g/mol. The van der Waals surface area contributed by atoms with Gasteiger partial charge >= 0.3 is 0 Å². The highest BCUT2D eigenvalue weighted by molar-refractivity contribution is 5.40. The second-order valence-corrected chi connectivity index (χ2v) is 7.58. The number of rotatable bonds is 3. The Bertz CT molecular complexity index is 510. The minimum Gasteiger partial charge on any atom is -0.490 e. The minimum absolute atomic E-state index is 0.186. The molecule has 0 heterocycles. The summed E-state index contributed by atoms with van der Waals surface area (Å²) in [5.41, 5.74) is 7.64. The van der Waals surface area contributed by atoms with Crippen molar-refractivity contribution in [1.82, 2.24) is 0 Å². The van der Waals surface area contributed by atoms with E-state index in [9.17, 15) is 4.39 Å². The fourth-order valence-corrected chi connectivity index (χ4v) is 3.66. The van der Waals surface area contributed by atoms with Gasteiger partial charge in [-0.2, -0.15) is 0 Å². The van der Waals surface area contributed by atoms with Crippen molar-refractivity contribution in [2.75, 3.05) is 0 Å². The number of hydrogen-bond donors (Lipinski definition) is 1. The van der Waals surface area contributed by atoms with Crippen molar-refractivity contribution in [2.45, 2.75) is 66.0 Å². The van der Waals surface area contributed by atoms with Gasteiger partial charge in [-0.15, -0.1) is 0 Å². The normalized spacial score (nSPS) is 26.4. The van der Waals surface area contributed by atoms with Gasteiger partial charge in [0.25, 0.3) is 0 Å². The van der Waals surface area contributed by atoms with Gasteiger partial charge in [-0.05, 0) is 62.1 Å². The molecule has 0 bridgehead atoms. The number of ether oxygens (including phenoxy) is 1. The van der Waals surface area contributed by atoms with Crippen LogP contribution in [0.15, 0.2) is 12.1 Å². The highest BCUT2D eigenvalue weighted by Gasteiger charge is 2.33. The summed E-state index contributed by atoms with van der Waals surface area (Å²) in [5.74, 6) is 1.19. The first-order valence-electron chi connectivity index (χ1n) is 7.90. The lowest BCUT2D eigenvalue weighted by Crippen LogP contribution is -2.34. The topological polar surface area (TPSA) is 35.2 Å². The largest absolute Gasteiger partial charge is 0.490 e. The van der Waals surface area contributed by atoms with Crippen LogP contribution >= 0.6 is 0 Å². The van der Waals surface area contributed by atoms with Gasteiger partial charge in [-0.3, -0.25) is 0 Å². The zero-order valence-electron chi connectivity index (χ0n) is 13.9. The number of halogens is 1. The molecule has 0 aromatic heterocycles. The highest BCUT2D eigenvalue weighted by Crippen LogP contribution is 2.41. The van der Waals surface area contributed by atoms with Gasteiger partial charge in [-0.1, -0.05) is 20.8 Å². The van der Waals surface area contributed by atoms with Crippen LogP contribution in [0.4, 0.5) is 4.39 Å². The smallest absolute Gasteiger partial charge is 0.126 e. The summed E-state index contributed by atoms with van der Waals surface area (Å²) in [6.07, 6.45) is 3.51. The van der Waals surface area contributed by atoms with Gasteiger partial charge in [0.05, 0.1) is 6.10 Å². The van der Waals surface area contributed by atoms with E-state index in [1.165, 1.54) is 12.5 Å². The molecule has 1 fully saturated rings. The lowest BCUT2D eigenvalue weighted by atomic mass is 9.71. The third kappa shape index (κ3) is 3.97. The van der Waals surface area contributed by atoms with E-state index >= 15 is 0 Å². The summed E-state index contributed by atoms with van der Waals surface area (Å²) in [5, 5.41) is 0. The molecule has 118 valence electrons. The van der Waals surface area contributed by atoms with Crippen LogP contribution in [0.25, 0.3) is 0 Å². The van der Waals surface area contributed by atoms with Gasteiger partial charge in [0.1, 0.15) is 11.6 Å². The van der Waals surface area contributed by atoms with Crippen LogP contribution in [-0.2, 0) is 0 Å². The Morgan fingerprint density at radius 1 is 1.33 bits per heavy atom. The molecule has 2 unspecified atom stereocenters. The van der Waals surface area contributed by atoms with Gasteiger partial charge in [0.15, 0.2) is 0 Å². The van der Waals surface area contributed by atoms with E-state index in [1.54, 1.807) is 13.0 Å². The maximum absolute atomic E-state index is 13.8.